The first kappa shape index (κ1) is 24.4. The van der Waals surface area contributed by atoms with E-state index in [0.29, 0.717) is 10.7 Å². The largest absolute Gasteiger partial charge is 0.463 e. The van der Waals surface area contributed by atoms with E-state index in [-0.39, 0.29) is 6.61 Å². The first-order chi connectivity index (χ1) is 14.6. The third-order valence-electron chi connectivity index (χ3n) is 4.14. The lowest BCUT2D eigenvalue weighted by molar-refractivity contribution is -0.247. The molecular formula is C20H24ClNO9. The van der Waals surface area contributed by atoms with Crippen LogP contribution >= 0.6 is 11.6 Å². The molecular weight excluding hydrogens is 434 g/mol. The number of benzene rings is 1. The van der Waals surface area contributed by atoms with Gasteiger partial charge < -0.3 is 29.0 Å². The molecule has 0 radical (unpaired) electrons. The van der Waals surface area contributed by atoms with Gasteiger partial charge in [-0.15, -0.1) is 0 Å². The Labute approximate surface area is 184 Å². The highest BCUT2D eigenvalue weighted by Crippen LogP contribution is 2.30. The number of ether oxygens (including phenoxy) is 5. The molecule has 5 atom stereocenters. The van der Waals surface area contributed by atoms with Gasteiger partial charge in [-0.3, -0.25) is 19.2 Å². The number of anilines is 1. The fourth-order valence-electron chi connectivity index (χ4n) is 3.05. The van der Waals surface area contributed by atoms with Crippen molar-refractivity contribution in [1.29, 1.82) is 0 Å². The van der Waals surface area contributed by atoms with Gasteiger partial charge >= 0.3 is 23.9 Å². The van der Waals surface area contributed by atoms with Crippen LogP contribution in [0, 0.1) is 0 Å². The maximum Gasteiger partial charge on any atom is 0.303 e. The number of rotatable bonds is 7. The van der Waals surface area contributed by atoms with Crippen molar-refractivity contribution >= 4 is 41.2 Å². The Morgan fingerprint density at radius 1 is 0.839 bits per heavy atom. The molecule has 1 N–H and O–H groups in total. The van der Waals surface area contributed by atoms with Crippen LogP contribution in [0.1, 0.15) is 27.7 Å². The Morgan fingerprint density at radius 2 is 1.35 bits per heavy atom. The lowest BCUT2D eigenvalue weighted by Crippen LogP contribution is -2.64. The topological polar surface area (TPSA) is 126 Å². The maximum atomic E-state index is 11.8. The number of halogens is 1. The number of hydrogen-bond acceptors (Lipinski definition) is 10. The van der Waals surface area contributed by atoms with Crippen LogP contribution in [-0.4, -0.2) is 61.1 Å². The maximum absolute atomic E-state index is 11.8. The van der Waals surface area contributed by atoms with Crippen LogP contribution in [0.3, 0.4) is 0 Å². The molecule has 1 heterocycles. The highest BCUT2D eigenvalue weighted by atomic mass is 35.5. The van der Waals surface area contributed by atoms with Crippen molar-refractivity contribution in [2.45, 2.75) is 58.3 Å². The standard InChI is InChI=1S/C20H24ClNO9/c1-10(23)27-9-16-17(28-11(2)24)18(29-12(3)25)19(30-13(4)26)20(31-16)22-15-7-5-14(21)6-8-15/h5-8,16-20,22H,9H2,1-4H3/t16-,17-,18+,19-,20-/m1/s1. The molecule has 0 amide bonds. The van der Waals surface area contributed by atoms with E-state index in [1.807, 2.05) is 0 Å². The van der Waals surface area contributed by atoms with E-state index in [2.05, 4.69) is 5.32 Å². The van der Waals surface area contributed by atoms with Gasteiger partial charge in [0.15, 0.2) is 24.5 Å². The lowest BCUT2D eigenvalue weighted by atomic mass is 9.97. The first-order valence-electron chi connectivity index (χ1n) is 9.39. The third-order valence-corrected chi connectivity index (χ3v) is 4.40. The third kappa shape index (κ3) is 7.41. The Kier molecular flexibility index (Phi) is 8.64. The molecule has 1 saturated heterocycles. The van der Waals surface area contributed by atoms with E-state index in [1.54, 1.807) is 24.3 Å². The summed E-state index contributed by atoms with van der Waals surface area (Å²) in [6.45, 7) is 4.41. The summed E-state index contributed by atoms with van der Waals surface area (Å²) in [6.07, 6.45) is -5.68. The van der Waals surface area contributed by atoms with E-state index >= 15 is 0 Å². The molecule has 10 nitrogen and oxygen atoms in total. The zero-order valence-corrected chi connectivity index (χ0v) is 18.2. The van der Waals surface area contributed by atoms with Crippen LogP contribution in [0.4, 0.5) is 5.69 Å². The molecule has 1 aliphatic heterocycles. The number of nitrogens with one attached hydrogen (secondary N) is 1. The second-order valence-corrected chi connectivity index (χ2v) is 7.21. The summed E-state index contributed by atoms with van der Waals surface area (Å²) in [4.78, 5) is 46.6. The zero-order valence-electron chi connectivity index (χ0n) is 17.5. The monoisotopic (exact) mass is 457 g/mol. The molecule has 170 valence electrons. The van der Waals surface area contributed by atoms with Gasteiger partial charge in [0.1, 0.15) is 12.7 Å². The second kappa shape index (κ2) is 11.0. The predicted octanol–water partition coefficient (Wildman–Crippen LogP) is 1.83. The average Bonchev–Trinajstić information content (AvgIpc) is 2.65. The summed E-state index contributed by atoms with van der Waals surface area (Å²) in [5.41, 5.74) is 0.560. The van der Waals surface area contributed by atoms with Crippen molar-refractivity contribution in [3.05, 3.63) is 29.3 Å². The van der Waals surface area contributed by atoms with Crippen molar-refractivity contribution < 1.29 is 42.9 Å². The number of hydrogen-bond donors (Lipinski definition) is 1. The van der Waals surface area contributed by atoms with Crippen LogP contribution in [-0.2, 0) is 42.9 Å². The Hall–Kier alpha value is -2.85. The quantitative estimate of drug-likeness (QED) is 0.478. The van der Waals surface area contributed by atoms with Crippen molar-refractivity contribution in [2.75, 3.05) is 11.9 Å². The van der Waals surface area contributed by atoms with Crippen LogP contribution in [0.2, 0.25) is 5.02 Å². The predicted molar refractivity (Wildman–Crippen MR) is 107 cm³/mol. The average molecular weight is 458 g/mol. The van der Waals surface area contributed by atoms with E-state index in [9.17, 15) is 19.2 Å². The molecule has 31 heavy (non-hydrogen) atoms. The first-order valence-corrected chi connectivity index (χ1v) is 9.77. The van der Waals surface area contributed by atoms with Crippen molar-refractivity contribution in [3.8, 4) is 0 Å². The molecule has 0 spiro atoms. The SMILES string of the molecule is CC(=O)OC[C@H]1O[C@@H](Nc2ccc(Cl)cc2)[C@H](OC(C)=O)[C@@H](OC(C)=O)[C@@H]1OC(C)=O. The van der Waals surface area contributed by atoms with E-state index < -0.39 is 54.5 Å². The van der Waals surface area contributed by atoms with E-state index in [4.69, 9.17) is 35.3 Å². The highest BCUT2D eigenvalue weighted by molar-refractivity contribution is 6.30. The molecule has 2 rings (SSSR count). The highest BCUT2D eigenvalue weighted by Gasteiger charge is 2.52. The molecule has 0 bridgehead atoms. The molecule has 0 saturated carbocycles. The normalized spacial score (nSPS) is 25.1. The molecule has 1 aliphatic rings. The van der Waals surface area contributed by atoms with E-state index in [0.717, 1.165) is 13.8 Å². The molecule has 11 heteroatoms. The summed E-state index contributed by atoms with van der Waals surface area (Å²) < 4.78 is 27.0. The Balaban J connectivity index is 2.43. The smallest absolute Gasteiger partial charge is 0.303 e. The van der Waals surface area contributed by atoms with E-state index in [1.165, 1.54) is 13.8 Å². The van der Waals surface area contributed by atoms with Gasteiger partial charge in [-0.2, -0.15) is 0 Å². The number of carbonyl (C=O) groups excluding carboxylic acids is 4. The van der Waals surface area contributed by atoms with Crippen LogP contribution in [0.25, 0.3) is 0 Å². The molecule has 1 aromatic carbocycles. The van der Waals surface area contributed by atoms with Crippen molar-refractivity contribution in [1.82, 2.24) is 0 Å². The van der Waals surface area contributed by atoms with Gasteiger partial charge in [-0.1, -0.05) is 11.6 Å². The molecule has 0 unspecified atom stereocenters. The molecule has 1 fully saturated rings. The number of esters is 4. The summed E-state index contributed by atoms with van der Waals surface area (Å²) >= 11 is 5.91. The van der Waals surface area contributed by atoms with Gasteiger partial charge in [-0.25, -0.2) is 0 Å². The molecule has 1 aromatic rings. The van der Waals surface area contributed by atoms with Gasteiger partial charge in [0, 0.05) is 38.4 Å². The fraction of sp³-hybridized carbons (Fsp3) is 0.500. The van der Waals surface area contributed by atoms with Gasteiger partial charge in [0.25, 0.3) is 0 Å². The Bertz CT molecular complexity index is 813. The summed E-state index contributed by atoms with van der Waals surface area (Å²) in [5.74, 6) is -2.64. The summed E-state index contributed by atoms with van der Waals surface area (Å²) in [7, 11) is 0. The minimum atomic E-state index is -1.23. The minimum absolute atomic E-state index is 0.295. The van der Waals surface area contributed by atoms with Crippen LogP contribution in [0.5, 0.6) is 0 Å². The van der Waals surface area contributed by atoms with Crippen molar-refractivity contribution in [3.63, 3.8) is 0 Å². The Morgan fingerprint density at radius 3 is 1.87 bits per heavy atom. The van der Waals surface area contributed by atoms with Gasteiger partial charge in [0.05, 0.1) is 0 Å². The molecule has 0 aromatic heterocycles. The lowest BCUT2D eigenvalue weighted by Gasteiger charge is -2.44. The minimum Gasteiger partial charge on any atom is -0.463 e. The van der Waals surface area contributed by atoms with Gasteiger partial charge in [-0.05, 0) is 24.3 Å². The second-order valence-electron chi connectivity index (χ2n) is 6.77. The molecule has 0 aliphatic carbocycles. The number of carbonyl (C=O) groups is 4. The summed E-state index contributed by atoms with van der Waals surface area (Å²) in [5, 5.41) is 3.53. The van der Waals surface area contributed by atoms with Gasteiger partial charge in [0.2, 0.25) is 0 Å². The summed E-state index contributed by atoms with van der Waals surface area (Å²) in [6, 6.07) is 6.59. The van der Waals surface area contributed by atoms with Crippen LogP contribution in [0.15, 0.2) is 24.3 Å². The van der Waals surface area contributed by atoms with Crippen molar-refractivity contribution in [2.24, 2.45) is 0 Å². The fourth-order valence-corrected chi connectivity index (χ4v) is 3.18. The van der Waals surface area contributed by atoms with Crippen LogP contribution < -0.4 is 5.32 Å². The zero-order chi connectivity index (χ0) is 23.1.